The molecule has 1 unspecified atom stereocenters. The van der Waals surface area contributed by atoms with Gasteiger partial charge in [0.15, 0.2) is 16.4 Å². The quantitative estimate of drug-likeness (QED) is 0.616. The number of hydrogen-bond donors (Lipinski definition) is 2. The van der Waals surface area contributed by atoms with E-state index in [1.54, 1.807) is 18.2 Å². The number of benzene rings is 2. The third-order valence-electron chi connectivity index (χ3n) is 4.91. The van der Waals surface area contributed by atoms with Gasteiger partial charge in [-0.15, -0.1) is 0 Å². The number of nitrogens with one attached hydrogen (secondary N) is 1. The Hall–Kier alpha value is -2.43. The largest absolute Gasteiger partial charge is 0.482 e. The Morgan fingerprint density at radius 3 is 2.50 bits per heavy atom. The van der Waals surface area contributed by atoms with Gasteiger partial charge in [-0.1, -0.05) is 24.6 Å². The summed E-state index contributed by atoms with van der Waals surface area (Å²) in [4.78, 5) is 10.7. The number of rotatable bonds is 7. The predicted octanol–water partition coefficient (Wildman–Crippen LogP) is 2.30. The lowest BCUT2D eigenvalue weighted by Crippen LogP contribution is -2.29. The van der Waals surface area contributed by atoms with Gasteiger partial charge < -0.3 is 9.84 Å². The van der Waals surface area contributed by atoms with Gasteiger partial charge in [0.25, 0.3) is 0 Å². The van der Waals surface area contributed by atoms with E-state index in [2.05, 4.69) is 4.72 Å². The number of carboxylic acids is 1. The van der Waals surface area contributed by atoms with Crippen LogP contribution in [0.25, 0.3) is 0 Å². The highest BCUT2D eigenvalue weighted by molar-refractivity contribution is 7.91. The van der Waals surface area contributed by atoms with Gasteiger partial charge in [0.1, 0.15) is 5.75 Å². The van der Waals surface area contributed by atoms with Crippen molar-refractivity contribution >= 4 is 25.8 Å². The molecular formula is C20H23NO7S2. The maximum atomic E-state index is 13.0. The Morgan fingerprint density at radius 1 is 1.10 bits per heavy atom. The van der Waals surface area contributed by atoms with E-state index in [1.807, 2.05) is 0 Å². The predicted molar refractivity (Wildman–Crippen MR) is 110 cm³/mol. The molecule has 0 aromatic heterocycles. The SMILES string of the molecule is CS(=O)(=O)c1cccc(S(=O)(=O)NC2CCCCc3c(OCC(=O)O)cccc32)c1. The second kappa shape index (κ2) is 8.75. The Kier molecular flexibility index (Phi) is 6.49. The van der Waals surface area contributed by atoms with E-state index >= 15 is 0 Å². The molecule has 2 aromatic carbocycles. The molecule has 2 N–H and O–H groups in total. The van der Waals surface area contributed by atoms with Crippen molar-refractivity contribution in [3.8, 4) is 5.75 Å². The Labute approximate surface area is 175 Å². The third kappa shape index (κ3) is 5.18. The summed E-state index contributed by atoms with van der Waals surface area (Å²) >= 11 is 0. The van der Waals surface area contributed by atoms with Crippen LogP contribution in [0.4, 0.5) is 0 Å². The van der Waals surface area contributed by atoms with Crippen LogP contribution >= 0.6 is 0 Å². The van der Waals surface area contributed by atoms with Gasteiger partial charge in [-0.25, -0.2) is 26.4 Å². The summed E-state index contributed by atoms with van der Waals surface area (Å²) in [6.07, 6.45) is 3.80. The number of aliphatic carboxylic acids is 1. The second-order valence-corrected chi connectivity index (χ2v) is 10.9. The smallest absolute Gasteiger partial charge is 0.341 e. The molecular weight excluding hydrogens is 430 g/mol. The fourth-order valence-corrected chi connectivity index (χ4v) is 5.54. The molecule has 8 nitrogen and oxygen atoms in total. The molecule has 0 aliphatic heterocycles. The number of sulfone groups is 1. The molecule has 1 aliphatic carbocycles. The van der Waals surface area contributed by atoms with Crippen LogP contribution in [0.5, 0.6) is 5.75 Å². The van der Waals surface area contributed by atoms with E-state index in [0.29, 0.717) is 18.6 Å². The minimum Gasteiger partial charge on any atom is -0.482 e. The van der Waals surface area contributed by atoms with Crippen molar-refractivity contribution in [2.24, 2.45) is 0 Å². The number of carbonyl (C=O) groups is 1. The zero-order valence-electron chi connectivity index (χ0n) is 16.4. The van der Waals surface area contributed by atoms with Crippen LogP contribution in [0, 0.1) is 0 Å². The lowest BCUT2D eigenvalue weighted by atomic mass is 9.99. The number of fused-ring (bicyclic) bond motifs is 1. The number of sulfonamides is 1. The van der Waals surface area contributed by atoms with E-state index in [9.17, 15) is 21.6 Å². The minimum absolute atomic E-state index is 0.0731. The third-order valence-corrected chi connectivity index (χ3v) is 7.49. The van der Waals surface area contributed by atoms with Crippen LogP contribution in [0.1, 0.15) is 36.4 Å². The van der Waals surface area contributed by atoms with Gasteiger partial charge in [0, 0.05) is 12.3 Å². The van der Waals surface area contributed by atoms with Crippen LogP contribution in [-0.4, -0.2) is 40.8 Å². The van der Waals surface area contributed by atoms with Crippen molar-refractivity contribution in [2.45, 2.75) is 41.5 Å². The molecule has 30 heavy (non-hydrogen) atoms. The van der Waals surface area contributed by atoms with E-state index in [0.717, 1.165) is 36.3 Å². The molecule has 1 aliphatic rings. The molecule has 0 saturated heterocycles. The Morgan fingerprint density at radius 2 is 1.80 bits per heavy atom. The molecule has 0 fully saturated rings. The lowest BCUT2D eigenvalue weighted by Gasteiger charge is -2.21. The average Bonchev–Trinajstić information content (AvgIpc) is 2.88. The summed E-state index contributed by atoms with van der Waals surface area (Å²) in [6, 6.07) is 9.87. The number of hydrogen-bond acceptors (Lipinski definition) is 6. The topological polar surface area (TPSA) is 127 Å². The van der Waals surface area contributed by atoms with Gasteiger partial charge in [-0.2, -0.15) is 0 Å². The molecule has 162 valence electrons. The highest BCUT2D eigenvalue weighted by Gasteiger charge is 2.27. The molecule has 0 amide bonds. The molecule has 3 rings (SSSR count). The summed E-state index contributed by atoms with van der Waals surface area (Å²) < 4.78 is 57.6. The van der Waals surface area contributed by atoms with Gasteiger partial charge in [-0.3, -0.25) is 0 Å². The molecule has 0 radical (unpaired) electrons. The molecule has 0 heterocycles. The van der Waals surface area contributed by atoms with Crippen LogP contribution in [0.15, 0.2) is 52.3 Å². The maximum Gasteiger partial charge on any atom is 0.341 e. The fourth-order valence-electron chi connectivity index (χ4n) is 3.51. The van der Waals surface area contributed by atoms with E-state index in [-0.39, 0.29) is 9.79 Å². The standard InChI is InChI=1S/C20H23NO7S2/c1-29(24,25)14-6-4-7-15(12-14)30(26,27)21-18-10-3-2-8-17-16(18)9-5-11-19(17)28-13-20(22)23/h4-7,9,11-12,18,21H,2-3,8,10,13H2,1H3,(H,22,23). The molecule has 0 bridgehead atoms. The van der Waals surface area contributed by atoms with Gasteiger partial charge in [0.2, 0.25) is 10.0 Å². The van der Waals surface area contributed by atoms with Gasteiger partial charge in [0.05, 0.1) is 9.79 Å². The molecule has 0 saturated carbocycles. The number of ether oxygens (including phenoxy) is 1. The summed E-state index contributed by atoms with van der Waals surface area (Å²) in [6.45, 7) is -0.481. The van der Waals surface area contributed by atoms with Crippen LogP contribution in [0.2, 0.25) is 0 Å². The molecule has 1 atom stereocenters. The number of carboxylic acid groups (broad SMARTS) is 1. The summed E-state index contributed by atoms with van der Waals surface area (Å²) in [7, 11) is -7.54. The first kappa shape index (κ1) is 22.3. The minimum atomic E-state index is -3.99. The maximum absolute atomic E-state index is 13.0. The van der Waals surface area contributed by atoms with Crippen molar-refractivity contribution in [2.75, 3.05) is 12.9 Å². The van der Waals surface area contributed by atoms with Crippen molar-refractivity contribution in [1.82, 2.24) is 4.72 Å². The molecule has 0 spiro atoms. The van der Waals surface area contributed by atoms with Crippen LogP contribution in [-0.2, 0) is 31.1 Å². The lowest BCUT2D eigenvalue weighted by molar-refractivity contribution is -0.139. The molecule has 10 heteroatoms. The van der Waals surface area contributed by atoms with Crippen molar-refractivity contribution in [3.05, 3.63) is 53.6 Å². The van der Waals surface area contributed by atoms with E-state index in [4.69, 9.17) is 9.84 Å². The first-order chi connectivity index (χ1) is 14.1. The zero-order chi connectivity index (χ0) is 21.9. The van der Waals surface area contributed by atoms with Crippen molar-refractivity contribution < 1.29 is 31.5 Å². The zero-order valence-corrected chi connectivity index (χ0v) is 18.0. The summed E-state index contributed by atoms with van der Waals surface area (Å²) in [5.74, 6) is -0.663. The van der Waals surface area contributed by atoms with E-state index in [1.165, 1.54) is 18.2 Å². The second-order valence-electron chi connectivity index (χ2n) is 7.17. The highest BCUT2D eigenvalue weighted by atomic mass is 32.2. The van der Waals surface area contributed by atoms with Gasteiger partial charge >= 0.3 is 5.97 Å². The van der Waals surface area contributed by atoms with Crippen molar-refractivity contribution in [3.63, 3.8) is 0 Å². The first-order valence-electron chi connectivity index (χ1n) is 9.37. The summed E-state index contributed by atoms with van der Waals surface area (Å²) in [5.41, 5.74) is 1.52. The normalized spacial score (nSPS) is 17.0. The van der Waals surface area contributed by atoms with Crippen LogP contribution < -0.4 is 9.46 Å². The van der Waals surface area contributed by atoms with E-state index < -0.39 is 38.5 Å². The molecule has 2 aromatic rings. The Balaban J connectivity index is 1.94. The monoisotopic (exact) mass is 453 g/mol. The van der Waals surface area contributed by atoms with Crippen molar-refractivity contribution in [1.29, 1.82) is 0 Å². The average molecular weight is 454 g/mol. The summed E-state index contributed by atoms with van der Waals surface area (Å²) in [5, 5.41) is 8.89. The van der Waals surface area contributed by atoms with Crippen LogP contribution in [0.3, 0.4) is 0 Å². The highest BCUT2D eigenvalue weighted by Crippen LogP contribution is 2.35. The Bertz CT molecular complexity index is 1160. The first-order valence-corrected chi connectivity index (χ1v) is 12.7. The van der Waals surface area contributed by atoms with Gasteiger partial charge in [-0.05, 0) is 54.7 Å². The fraction of sp³-hybridized carbons (Fsp3) is 0.350.